The average molecular weight is 339 g/mol. The van der Waals surface area contributed by atoms with Crippen LogP contribution in [-0.4, -0.2) is 16.2 Å². The molecule has 1 aliphatic rings. The molecule has 130 valence electrons. The lowest BCUT2D eigenvalue weighted by molar-refractivity contribution is 0.287. The molecule has 0 atom stereocenters. The molecule has 1 aliphatic carbocycles. The third-order valence-electron chi connectivity index (χ3n) is 4.43. The molecule has 1 N–H and O–H groups in total. The Labute approximate surface area is 146 Å². The summed E-state index contributed by atoms with van der Waals surface area (Å²) in [5, 5.41) is 7.51. The van der Waals surface area contributed by atoms with Gasteiger partial charge in [-0.15, -0.1) is 0 Å². The first-order valence-electron chi connectivity index (χ1n) is 8.71. The number of rotatable bonds is 6. The minimum Gasteiger partial charge on any atom is -0.485 e. The Hall–Kier alpha value is -2.76. The first-order valence-corrected chi connectivity index (χ1v) is 8.71. The van der Waals surface area contributed by atoms with Crippen LogP contribution in [0.15, 0.2) is 51.8 Å². The summed E-state index contributed by atoms with van der Waals surface area (Å²) in [6.45, 7) is 0.261. The molecule has 1 aromatic carbocycles. The van der Waals surface area contributed by atoms with Gasteiger partial charge in [-0.25, -0.2) is 0 Å². The van der Waals surface area contributed by atoms with Crippen molar-refractivity contribution >= 4 is 5.69 Å². The number of ether oxygens (including phenoxy) is 1. The van der Waals surface area contributed by atoms with Crippen molar-refractivity contribution in [2.24, 2.45) is 0 Å². The van der Waals surface area contributed by atoms with Crippen LogP contribution >= 0.6 is 0 Å². The largest absolute Gasteiger partial charge is 0.485 e. The van der Waals surface area contributed by atoms with Crippen LogP contribution in [0.4, 0.5) is 5.69 Å². The fourth-order valence-corrected chi connectivity index (χ4v) is 3.09. The van der Waals surface area contributed by atoms with Crippen LogP contribution in [0.2, 0.25) is 0 Å². The summed E-state index contributed by atoms with van der Waals surface area (Å²) in [7, 11) is 0. The highest BCUT2D eigenvalue weighted by Gasteiger charge is 2.13. The molecule has 0 amide bonds. The molecule has 0 bridgehead atoms. The highest BCUT2D eigenvalue weighted by atomic mass is 16.5. The average Bonchev–Trinajstić information content (AvgIpc) is 3.34. The zero-order chi connectivity index (χ0) is 16.9. The van der Waals surface area contributed by atoms with E-state index in [-0.39, 0.29) is 6.61 Å². The summed E-state index contributed by atoms with van der Waals surface area (Å²) in [5.41, 5.74) is 1.90. The summed E-state index contributed by atoms with van der Waals surface area (Å²) in [6.07, 6.45) is 9.66. The van der Waals surface area contributed by atoms with Gasteiger partial charge in [0, 0.05) is 11.7 Å². The van der Waals surface area contributed by atoms with Crippen molar-refractivity contribution < 1.29 is 13.7 Å². The van der Waals surface area contributed by atoms with E-state index < -0.39 is 0 Å². The van der Waals surface area contributed by atoms with Crippen molar-refractivity contribution in [3.63, 3.8) is 0 Å². The number of benzene rings is 1. The predicted molar refractivity (Wildman–Crippen MR) is 93.3 cm³/mol. The number of nitrogens with one attached hydrogen (secondary N) is 1. The van der Waals surface area contributed by atoms with E-state index in [0.29, 0.717) is 17.8 Å². The van der Waals surface area contributed by atoms with Gasteiger partial charge in [-0.2, -0.15) is 4.98 Å². The van der Waals surface area contributed by atoms with Crippen molar-refractivity contribution in [2.45, 2.75) is 44.8 Å². The van der Waals surface area contributed by atoms with E-state index in [9.17, 15) is 0 Å². The number of hydrogen-bond acceptors (Lipinski definition) is 6. The van der Waals surface area contributed by atoms with Crippen LogP contribution < -0.4 is 10.1 Å². The summed E-state index contributed by atoms with van der Waals surface area (Å²) < 4.78 is 15.9. The molecule has 1 fully saturated rings. The van der Waals surface area contributed by atoms with Crippen LogP contribution in [-0.2, 0) is 6.61 Å². The van der Waals surface area contributed by atoms with Gasteiger partial charge >= 0.3 is 0 Å². The van der Waals surface area contributed by atoms with E-state index in [1.54, 1.807) is 18.6 Å². The van der Waals surface area contributed by atoms with Crippen LogP contribution in [0.5, 0.6) is 5.75 Å². The highest BCUT2D eigenvalue weighted by Crippen LogP contribution is 2.23. The fourth-order valence-electron chi connectivity index (χ4n) is 3.09. The van der Waals surface area contributed by atoms with Gasteiger partial charge < -0.3 is 19.0 Å². The van der Waals surface area contributed by atoms with Crippen molar-refractivity contribution in [3.05, 3.63) is 48.7 Å². The monoisotopic (exact) mass is 339 g/mol. The Balaban J connectivity index is 1.31. The Bertz CT molecular complexity index is 775. The van der Waals surface area contributed by atoms with Crippen LogP contribution in [0.25, 0.3) is 11.5 Å². The van der Waals surface area contributed by atoms with E-state index in [4.69, 9.17) is 13.7 Å². The molecule has 0 unspecified atom stereocenters. The van der Waals surface area contributed by atoms with Crippen LogP contribution in [0, 0.1) is 0 Å². The fraction of sp³-hybridized carbons (Fsp3) is 0.368. The second-order valence-corrected chi connectivity index (χ2v) is 6.32. The molecule has 0 spiro atoms. The van der Waals surface area contributed by atoms with Gasteiger partial charge in [0.2, 0.25) is 5.82 Å². The molecule has 1 saturated carbocycles. The third kappa shape index (κ3) is 4.02. The van der Waals surface area contributed by atoms with E-state index in [0.717, 1.165) is 17.0 Å². The van der Waals surface area contributed by atoms with Crippen molar-refractivity contribution in [1.82, 2.24) is 10.1 Å². The number of anilines is 1. The topological polar surface area (TPSA) is 73.3 Å². The molecule has 6 heteroatoms. The number of furan rings is 1. The Morgan fingerprint density at radius 1 is 1.08 bits per heavy atom. The smallest absolute Gasteiger partial charge is 0.261 e. The molecule has 0 saturated heterocycles. The Morgan fingerprint density at radius 2 is 1.92 bits per heavy atom. The van der Waals surface area contributed by atoms with Crippen molar-refractivity contribution in [2.75, 3.05) is 5.32 Å². The van der Waals surface area contributed by atoms with Crippen molar-refractivity contribution in [3.8, 4) is 17.2 Å². The maximum absolute atomic E-state index is 5.73. The molecule has 4 rings (SSSR count). The molecular formula is C19H21N3O3. The zero-order valence-electron chi connectivity index (χ0n) is 14.0. The third-order valence-corrected chi connectivity index (χ3v) is 4.43. The summed E-state index contributed by atoms with van der Waals surface area (Å²) in [5.74, 6) is 1.71. The number of nitrogens with zero attached hydrogens (tertiary/aromatic N) is 2. The SMILES string of the molecule is c1cc(-c2nc(COc3ccc(NC4CCCCC4)cc3)no2)co1. The van der Waals surface area contributed by atoms with E-state index in [2.05, 4.69) is 27.6 Å². The van der Waals surface area contributed by atoms with Gasteiger partial charge in [0.05, 0.1) is 11.8 Å². The molecule has 3 aromatic rings. The minimum absolute atomic E-state index is 0.261. The highest BCUT2D eigenvalue weighted by molar-refractivity contribution is 5.50. The Kier molecular flexibility index (Phi) is 4.68. The van der Waals surface area contributed by atoms with Gasteiger partial charge in [-0.1, -0.05) is 24.4 Å². The van der Waals surface area contributed by atoms with Gasteiger partial charge in [-0.05, 0) is 43.2 Å². The lowest BCUT2D eigenvalue weighted by Gasteiger charge is -2.23. The molecule has 6 nitrogen and oxygen atoms in total. The van der Waals surface area contributed by atoms with Crippen molar-refractivity contribution in [1.29, 1.82) is 0 Å². The maximum atomic E-state index is 5.73. The molecule has 0 radical (unpaired) electrons. The summed E-state index contributed by atoms with van der Waals surface area (Å²) >= 11 is 0. The second-order valence-electron chi connectivity index (χ2n) is 6.32. The number of hydrogen-bond donors (Lipinski definition) is 1. The van der Waals surface area contributed by atoms with E-state index >= 15 is 0 Å². The van der Waals surface area contributed by atoms with Gasteiger partial charge in [0.25, 0.3) is 5.89 Å². The van der Waals surface area contributed by atoms with Crippen LogP contribution in [0.3, 0.4) is 0 Å². The maximum Gasteiger partial charge on any atom is 0.261 e. The van der Waals surface area contributed by atoms with Crippen LogP contribution in [0.1, 0.15) is 37.9 Å². The standard InChI is InChI=1S/C19H21N3O3/c1-2-4-15(5-3-1)20-16-6-8-17(9-7-16)24-13-18-21-19(25-22-18)14-10-11-23-12-14/h6-12,15,20H,1-5,13H2. The molecule has 2 heterocycles. The normalized spacial score (nSPS) is 15.2. The second kappa shape index (κ2) is 7.42. The van der Waals surface area contributed by atoms with E-state index in [1.807, 2.05) is 12.1 Å². The quantitative estimate of drug-likeness (QED) is 0.704. The Morgan fingerprint density at radius 3 is 2.68 bits per heavy atom. The summed E-state index contributed by atoms with van der Waals surface area (Å²) in [6, 6.07) is 10.4. The lowest BCUT2D eigenvalue weighted by atomic mass is 9.95. The van der Waals surface area contributed by atoms with E-state index in [1.165, 1.54) is 32.1 Å². The van der Waals surface area contributed by atoms with Gasteiger partial charge in [-0.3, -0.25) is 0 Å². The first kappa shape index (κ1) is 15.7. The number of aromatic nitrogens is 2. The molecule has 25 heavy (non-hydrogen) atoms. The molecule has 2 aromatic heterocycles. The van der Waals surface area contributed by atoms with Gasteiger partial charge in [0.1, 0.15) is 12.0 Å². The molecular weight excluding hydrogens is 318 g/mol. The molecule has 0 aliphatic heterocycles. The summed E-state index contributed by atoms with van der Waals surface area (Å²) in [4.78, 5) is 4.29. The first-order chi connectivity index (χ1) is 12.4. The predicted octanol–water partition coefficient (Wildman–Crippen LogP) is 4.65. The lowest BCUT2D eigenvalue weighted by Crippen LogP contribution is -2.22. The van der Waals surface area contributed by atoms with Gasteiger partial charge in [0.15, 0.2) is 6.61 Å². The minimum atomic E-state index is 0.261. The zero-order valence-corrected chi connectivity index (χ0v) is 14.0.